The molecule has 7 heteroatoms. The van der Waals surface area contributed by atoms with Gasteiger partial charge in [-0.1, -0.05) is 48.2 Å². The maximum absolute atomic E-state index is 13.7. The number of esters is 2. The van der Waals surface area contributed by atoms with Gasteiger partial charge in [0.05, 0.1) is 23.7 Å². The third-order valence-corrected chi connectivity index (χ3v) is 6.52. The van der Waals surface area contributed by atoms with Crippen molar-refractivity contribution >= 4 is 35.3 Å². The quantitative estimate of drug-likeness (QED) is 0.532. The summed E-state index contributed by atoms with van der Waals surface area (Å²) in [5.74, 6) is -2.80. The van der Waals surface area contributed by atoms with E-state index in [4.69, 9.17) is 9.47 Å². The lowest BCUT2D eigenvalue weighted by atomic mass is 9.68. The monoisotopic (exact) mass is 436 g/mol. The lowest BCUT2D eigenvalue weighted by molar-refractivity contribution is -0.162. The van der Waals surface area contributed by atoms with Crippen molar-refractivity contribution < 1.29 is 28.7 Å². The van der Waals surface area contributed by atoms with Gasteiger partial charge in [0.15, 0.2) is 5.78 Å². The molecule has 0 N–H and O–H groups in total. The molecule has 0 fully saturated rings. The number of thioether (sulfide) groups is 1. The Kier molecular flexibility index (Phi) is 5.31. The molecular formula is C24H20O6S. The standard InChI is InChI=1S/C24H20O6S/c1-4-29-22(27)24(23(28)30-5-2)16-11-10-13(3)12-17(16)31-21-18(24)19(25)14-8-6-7-9-15(14)20(21)26/h6-12H,4-5H2,1-3H3. The van der Waals surface area contributed by atoms with Crippen molar-refractivity contribution in [2.75, 3.05) is 13.2 Å². The largest absolute Gasteiger partial charge is 0.465 e. The Morgan fingerprint density at radius 2 is 1.48 bits per heavy atom. The summed E-state index contributed by atoms with van der Waals surface area (Å²) < 4.78 is 10.6. The molecule has 1 aliphatic heterocycles. The van der Waals surface area contributed by atoms with E-state index >= 15 is 0 Å². The molecule has 0 radical (unpaired) electrons. The number of fused-ring (bicyclic) bond motifs is 2. The number of carbonyl (C=O) groups is 4. The van der Waals surface area contributed by atoms with Crippen molar-refractivity contribution in [3.8, 4) is 0 Å². The summed E-state index contributed by atoms with van der Waals surface area (Å²) in [6, 6.07) is 11.6. The van der Waals surface area contributed by atoms with Gasteiger partial charge in [0.25, 0.3) is 0 Å². The van der Waals surface area contributed by atoms with Crippen LogP contribution in [0.3, 0.4) is 0 Å². The summed E-state index contributed by atoms with van der Waals surface area (Å²) in [4.78, 5) is 54.6. The SMILES string of the molecule is CCOC(=O)C1(C(=O)OCC)C2=C(Sc3cc(C)ccc31)C(=O)c1ccccc1C2=O. The molecule has 0 atom stereocenters. The molecular weight excluding hydrogens is 416 g/mol. The zero-order chi connectivity index (χ0) is 22.3. The van der Waals surface area contributed by atoms with Crippen LogP contribution >= 0.6 is 11.8 Å². The minimum atomic E-state index is -2.17. The van der Waals surface area contributed by atoms with Crippen molar-refractivity contribution in [3.05, 3.63) is 75.2 Å². The highest BCUT2D eigenvalue weighted by Gasteiger charge is 2.61. The first-order chi connectivity index (χ1) is 14.9. The van der Waals surface area contributed by atoms with Crippen molar-refractivity contribution in [1.82, 2.24) is 0 Å². The number of benzene rings is 2. The first kappa shape index (κ1) is 21.1. The Labute approximate surface area is 183 Å². The van der Waals surface area contributed by atoms with Gasteiger partial charge in [-0.2, -0.15) is 0 Å². The van der Waals surface area contributed by atoms with Crippen LogP contribution in [0.25, 0.3) is 0 Å². The number of aryl methyl sites for hydroxylation is 1. The molecule has 158 valence electrons. The molecule has 4 rings (SSSR count). The molecule has 2 aromatic carbocycles. The van der Waals surface area contributed by atoms with E-state index in [1.54, 1.807) is 50.2 Å². The number of allylic oxidation sites excluding steroid dienone is 1. The second kappa shape index (κ2) is 7.81. The molecule has 0 spiro atoms. The topological polar surface area (TPSA) is 86.7 Å². The minimum Gasteiger partial charge on any atom is -0.465 e. The summed E-state index contributed by atoms with van der Waals surface area (Å²) in [6.45, 7) is 5.08. The van der Waals surface area contributed by atoms with E-state index in [1.165, 1.54) is 6.07 Å². The van der Waals surface area contributed by atoms with Crippen LogP contribution in [-0.4, -0.2) is 36.7 Å². The molecule has 2 aliphatic rings. The number of carbonyl (C=O) groups excluding carboxylic acids is 4. The normalized spacial score (nSPS) is 16.2. The lowest BCUT2D eigenvalue weighted by Gasteiger charge is -2.38. The van der Waals surface area contributed by atoms with Gasteiger partial charge < -0.3 is 9.47 Å². The molecule has 0 amide bonds. The van der Waals surface area contributed by atoms with E-state index < -0.39 is 28.9 Å². The summed E-state index contributed by atoms with van der Waals surface area (Å²) in [7, 11) is 0. The molecule has 6 nitrogen and oxygen atoms in total. The fourth-order valence-electron chi connectivity index (χ4n) is 4.05. The van der Waals surface area contributed by atoms with Gasteiger partial charge in [0, 0.05) is 16.0 Å². The average molecular weight is 436 g/mol. The maximum atomic E-state index is 13.7. The van der Waals surface area contributed by atoms with E-state index in [9.17, 15) is 19.2 Å². The van der Waals surface area contributed by atoms with Crippen LogP contribution in [0, 0.1) is 6.92 Å². The summed E-state index contributed by atoms with van der Waals surface area (Å²) >= 11 is 1.10. The van der Waals surface area contributed by atoms with E-state index in [0.29, 0.717) is 10.5 Å². The summed E-state index contributed by atoms with van der Waals surface area (Å²) in [6.07, 6.45) is 0. The number of ketones is 2. The molecule has 0 bridgehead atoms. The van der Waals surface area contributed by atoms with Gasteiger partial charge in [-0.15, -0.1) is 0 Å². The molecule has 1 aliphatic carbocycles. The van der Waals surface area contributed by atoms with E-state index in [1.807, 2.05) is 6.92 Å². The Hall–Kier alpha value is -3.19. The molecule has 0 saturated heterocycles. The Morgan fingerprint density at radius 3 is 2.06 bits per heavy atom. The zero-order valence-corrected chi connectivity index (χ0v) is 18.1. The molecule has 31 heavy (non-hydrogen) atoms. The van der Waals surface area contributed by atoms with E-state index in [0.717, 1.165) is 17.3 Å². The Morgan fingerprint density at radius 1 is 0.903 bits per heavy atom. The Balaban J connectivity index is 2.11. The highest BCUT2D eigenvalue weighted by Crippen LogP contribution is 2.53. The predicted molar refractivity (Wildman–Crippen MR) is 114 cm³/mol. The molecule has 2 aromatic rings. The number of rotatable bonds is 4. The third kappa shape index (κ3) is 2.95. The fraction of sp³-hybridized carbons (Fsp3) is 0.250. The van der Waals surface area contributed by atoms with Crippen molar-refractivity contribution in [2.24, 2.45) is 0 Å². The number of ether oxygens (including phenoxy) is 2. The summed E-state index contributed by atoms with van der Waals surface area (Å²) in [5.41, 5.74) is -0.784. The first-order valence-electron chi connectivity index (χ1n) is 9.94. The number of Topliss-reactive ketones (excluding diaryl/α,β-unsaturated/α-hetero) is 2. The highest BCUT2D eigenvalue weighted by molar-refractivity contribution is 8.04. The number of hydrogen-bond acceptors (Lipinski definition) is 7. The lowest BCUT2D eigenvalue weighted by Crippen LogP contribution is -2.52. The molecule has 0 aromatic heterocycles. The maximum Gasteiger partial charge on any atom is 0.332 e. The third-order valence-electron chi connectivity index (χ3n) is 5.37. The van der Waals surface area contributed by atoms with Gasteiger partial charge in [-0.3, -0.25) is 19.2 Å². The van der Waals surface area contributed by atoms with Gasteiger partial charge in [0.1, 0.15) is 0 Å². The first-order valence-corrected chi connectivity index (χ1v) is 10.8. The van der Waals surface area contributed by atoms with Crippen LogP contribution in [0.2, 0.25) is 0 Å². The van der Waals surface area contributed by atoms with Gasteiger partial charge >= 0.3 is 11.9 Å². The summed E-state index contributed by atoms with van der Waals surface area (Å²) in [5, 5.41) is 0. The van der Waals surface area contributed by atoms with Crippen LogP contribution in [0.5, 0.6) is 0 Å². The van der Waals surface area contributed by atoms with Crippen molar-refractivity contribution in [1.29, 1.82) is 0 Å². The second-order valence-corrected chi connectivity index (χ2v) is 8.25. The van der Waals surface area contributed by atoms with Crippen molar-refractivity contribution in [2.45, 2.75) is 31.1 Å². The van der Waals surface area contributed by atoms with Crippen molar-refractivity contribution in [3.63, 3.8) is 0 Å². The highest BCUT2D eigenvalue weighted by atomic mass is 32.2. The van der Waals surface area contributed by atoms with Crippen LogP contribution in [-0.2, 0) is 24.5 Å². The molecule has 0 saturated carbocycles. The van der Waals surface area contributed by atoms with Gasteiger partial charge in [-0.25, -0.2) is 0 Å². The predicted octanol–water partition coefficient (Wildman–Crippen LogP) is 3.80. The van der Waals surface area contributed by atoms with E-state index in [2.05, 4.69) is 0 Å². The molecule has 0 unspecified atom stereocenters. The minimum absolute atomic E-state index is 0.00430. The Bertz CT molecular complexity index is 1160. The smallest absolute Gasteiger partial charge is 0.332 e. The van der Waals surface area contributed by atoms with E-state index in [-0.39, 0.29) is 34.8 Å². The fourth-order valence-corrected chi connectivity index (χ4v) is 5.39. The van der Waals surface area contributed by atoms with Crippen LogP contribution < -0.4 is 0 Å². The van der Waals surface area contributed by atoms with Gasteiger partial charge in [-0.05, 0) is 38.0 Å². The average Bonchev–Trinajstić information content (AvgIpc) is 2.76. The van der Waals surface area contributed by atoms with Crippen LogP contribution in [0.4, 0.5) is 0 Å². The van der Waals surface area contributed by atoms with Crippen LogP contribution in [0.1, 0.15) is 45.7 Å². The second-order valence-electron chi connectivity index (χ2n) is 7.20. The number of hydrogen-bond donors (Lipinski definition) is 0. The van der Waals surface area contributed by atoms with Gasteiger partial charge in [0.2, 0.25) is 11.2 Å². The molecule has 1 heterocycles. The zero-order valence-electron chi connectivity index (χ0n) is 17.3. The van der Waals surface area contributed by atoms with Crippen LogP contribution in [0.15, 0.2) is 57.8 Å².